The highest BCUT2D eigenvalue weighted by molar-refractivity contribution is 5.85. The third-order valence-corrected chi connectivity index (χ3v) is 3.40. The summed E-state index contributed by atoms with van der Waals surface area (Å²) in [6.07, 6.45) is 5.33. The largest absolute Gasteiger partial charge is 0.467 e. The molecule has 1 aliphatic rings. The Hall–Kier alpha value is -1.06. The number of ether oxygens (including phenoxy) is 1. The van der Waals surface area contributed by atoms with Crippen molar-refractivity contribution in [1.82, 2.24) is 5.32 Å². The quantitative estimate of drug-likeness (QED) is 0.765. The van der Waals surface area contributed by atoms with E-state index in [9.17, 15) is 9.59 Å². The van der Waals surface area contributed by atoms with Crippen LogP contribution in [0.2, 0.25) is 0 Å². The van der Waals surface area contributed by atoms with Crippen LogP contribution in [0.3, 0.4) is 0 Å². The van der Waals surface area contributed by atoms with Gasteiger partial charge in [-0.1, -0.05) is 33.1 Å². The summed E-state index contributed by atoms with van der Waals surface area (Å²) in [5.74, 6) is -0.220. The highest BCUT2D eigenvalue weighted by Gasteiger charge is 2.28. The van der Waals surface area contributed by atoms with E-state index in [1.165, 1.54) is 13.5 Å². The Labute approximate surface area is 103 Å². The van der Waals surface area contributed by atoms with Crippen molar-refractivity contribution in [2.45, 2.75) is 52.0 Å². The summed E-state index contributed by atoms with van der Waals surface area (Å²) >= 11 is 0. The van der Waals surface area contributed by atoms with Gasteiger partial charge in [0, 0.05) is 5.92 Å². The lowest BCUT2D eigenvalue weighted by Gasteiger charge is -2.25. The van der Waals surface area contributed by atoms with Crippen molar-refractivity contribution < 1.29 is 14.3 Å². The molecule has 0 spiro atoms. The summed E-state index contributed by atoms with van der Waals surface area (Å²) in [6, 6.07) is -0.519. The molecule has 1 saturated carbocycles. The molecule has 1 atom stereocenters. The molecule has 0 unspecified atom stereocenters. The Morgan fingerprint density at radius 3 is 2.24 bits per heavy atom. The van der Waals surface area contributed by atoms with Crippen LogP contribution in [-0.2, 0) is 14.3 Å². The number of hydrogen-bond donors (Lipinski definition) is 1. The molecule has 0 aromatic rings. The van der Waals surface area contributed by atoms with E-state index in [1.54, 1.807) is 0 Å². The van der Waals surface area contributed by atoms with Crippen LogP contribution in [0.4, 0.5) is 0 Å². The van der Waals surface area contributed by atoms with Crippen LogP contribution in [0, 0.1) is 11.8 Å². The minimum absolute atomic E-state index is 0.00815. The topological polar surface area (TPSA) is 55.4 Å². The van der Waals surface area contributed by atoms with Gasteiger partial charge in [0.05, 0.1) is 7.11 Å². The van der Waals surface area contributed by atoms with Crippen LogP contribution in [-0.4, -0.2) is 25.0 Å². The van der Waals surface area contributed by atoms with Crippen LogP contribution in [0.1, 0.15) is 46.0 Å². The van der Waals surface area contributed by atoms with E-state index in [0.29, 0.717) is 0 Å². The highest BCUT2D eigenvalue weighted by atomic mass is 16.5. The maximum Gasteiger partial charge on any atom is 0.328 e. The van der Waals surface area contributed by atoms with Crippen molar-refractivity contribution in [3.05, 3.63) is 0 Å². The van der Waals surface area contributed by atoms with Gasteiger partial charge in [-0.3, -0.25) is 4.79 Å². The fraction of sp³-hybridized carbons (Fsp3) is 0.846. The van der Waals surface area contributed by atoms with Gasteiger partial charge in [0.2, 0.25) is 5.91 Å². The van der Waals surface area contributed by atoms with Crippen LogP contribution >= 0.6 is 0 Å². The average Bonchev–Trinajstić information content (AvgIpc) is 2.35. The first kappa shape index (κ1) is 14.0. The molecule has 0 heterocycles. The molecule has 98 valence electrons. The normalized spacial score (nSPS) is 18.8. The van der Waals surface area contributed by atoms with Gasteiger partial charge in [0.15, 0.2) is 0 Å². The number of esters is 1. The third-order valence-electron chi connectivity index (χ3n) is 3.40. The van der Waals surface area contributed by atoms with Gasteiger partial charge in [-0.2, -0.15) is 0 Å². The fourth-order valence-electron chi connectivity index (χ4n) is 2.26. The van der Waals surface area contributed by atoms with Gasteiger partial charge >= 0.3 is 5.97 Å². The van der Waals surface area contributed by atoms with E-state index < -0.39 is 6.04 Å². The zero-order valence-corrected chi connectivity index (χ0v) is 11.0. The average molecular weight is 241 g/mol. The van der Waals surface area contributed by atoms with Crippen molar-refractivity contribution in [3.8, 4) is 0 Å². The number of nitrogens with one attached hydrogen (secondary N) is 1. The predicted molar refractivity (Wildman–Crippen MR) is 65.4 cm³/mol. The van der Waals surface area contributed by atoms with Gasteiger partial charge in [-0.25, -0.2) is 4.79 Å². The summed E-state index contributed by atoms with van der Waals surface area (Å²) in [6.45, 7) is 3.81. The summed E-state index contributed by atoms with van der Waals surface area (Å²) in [5.41, 5.74) is 0. The monoisotopic (exact) mass is 241 g/mol. The van der Waals surface area contributed by atoms with Crippen LogP contribution in [0.15, 0.2) is 0 Å². The fourth-order valence-corrected chi connectivity index (χ4v) is 2.26. The van der Waals surface area contributed by atoms with E-state index in [2.05, 4.69) is 5.32 Å². The number of hydrogen-bond acceptors (Lipinski definition) is 3. The molecule has 1 aliphatic carbocycles. The molecule has 1 N–H and O–H groups in total. The van der Waals surface area contributed by atoms with Crippen molar-refractivity contribution in [2.24, 2.45) is 11.8 Å². The molecule has 4 nitrogen and oxygen atoms in total. The summed E-state index contributed by atoms with van der Waals surface area (Å²) in [7, 11) is 1.35. The lowest BCUT2D eigenvalue weighted by atomic mass is 9.88. The third kappa shape index (κ3) is 4.02. The Morgan fingerprint density at radius 2 is 1.76 bits per heavy atom. The smallest absolute Gasteiger partial charge is 0.328 e. The first-order chi connectivity index (χ1) is 8.06. The molecule has 17 heavy (non-hydrogen) atoms. The summed E-state index contributed by atoms with van der Waals surface area (Å²) in [4.78, 5) is 23.5. The molecule has 0 aromatic carbocycles. The van der Waals surface area contributed by atoms with Crippen molar-refractivity contribution >= 4 is 11.9 Å². The first-order valence-corrected chi connectivity index (χ1v) is 6.44. The number of amides is 1. The lowest BCUT2D eigenvalue weighted by Crippen LogP contribution is -2.47. The molecular formula is C13H23NO3. The Bertz CT molecular complexity index is 270. The SMILES string of the molecule is COC(=O)[C@H](NC(=O)C1CCCCC1)C(C)C. The van der Waals surface area contributed by atoms with Gasteiger partial charge in [-0.15, -0.1) is 0 Å². The first-order valence-electron chi connectivity index (χ1n) is 6.44. The van der Waals surface area contributed by atoms with Crippen LogP contribution < -0.4 is 5.32 Å². The van der Waals surface area contributed by atoms with Crippen molar-refractivity contribution in [2.75, 3.05) is 7.11 Å². The molecule has 0 saturated heterocycles. The second-order valence-electron chi connectivity index (χ2n) is 5.09. The molecule has 0 aromatic heterocycles. The van der Waals surface area contributed by atoms with E-state index in [4.69, 9.17) is 4.74 Å². The Morgan fingerprint density at radius 1 is 1.18 bits per heavy atom. The summed E-state index contributed by atoms with van der Waals surface area (Å²) < 4.78 is 4.71. The van der Waals surface area contributed by atoms with Crippen molar-refractivity contribution in [1.29, 1.82) is 0 Å². The minimum Gasteiger partial charge on any atom is -0.467 e. The summed E-state index contributed by atoms with van der Waals surface area (Å²) in [5, 5.41) is 2.82. The molecule has 4 heteroatoms. The molecule has 0 bridgehead atoms. The lowest BCUT2D eigenvalue weighted by molar-refractivity contribution is -0.147. The minimum atomic E-state index is -0.519. The number of carbonyl (C=O) groups excluding carboxylic acids is 2. The Balaban J connectivity index is 2.54. The maximum absolute atomic E-state index is 12.0. The zero-order valence-electron chi connectivity index (χ0n) is 11.0. The van der Waals surface area contributed by atoms with Gasteiger partial charge in [-0.05, 0) is 18.8 Å². The van der Waals surface area contributed by atoms with Crippen molar-refractivity contribution in [3.63, 3.8) is 0 Å². The molecule has 1 amide bonds. The van der Waals surface area contributed by atoms with Crippen LogP contribution in [0.5, 0.6) is 0 Å². The maximum atomic E-state index is 12.0. The standard InChI is InChI=1S/C13H23NO3/c1-9(2)11(13(16)17-3)14-12(15)10-7-5-4-6-8-10/h9-11H,4-8H2,1-3H3,(H,14,15)/t11-/m1/s1. The second kappa shape index (κ2) is 6.62. The number of rotatable bonds is 4. The second-order valence-corrected chi connectivity index (χ2v) is 5.09. The molecule has 0 radical (unpaired) electrons. The predicted octanol–water partition coefficient (Wildman–Crippen LogP) is 1.88. The van der Waals surface area contributed by atoms with Gasteiger partial charge in [0.25, 0.3) is 0 Å². The highest BCUT2D eigenvalue weighted by Crippen LogP contribution is 2.24. The molecule has 1 rings (SSSR count). The zero-order chi connectivity index (χ0) is 12.8. The number of carbonyl (C=O) groups is 2. The van der Waals surface area contributed by atoms with Gasteiger partial charge < -0.3 is 10.1 Å². The van der Waals surface area contributed by atoms with E-state index >= 15 is 0 Å². The van der Waals surface area contributed by atoms with Gasteiger partial charge in [0.1, 0.15) is 6.04 Å². The molecular weight excluding hydrogens is 218 g/mol. The number of methoxy groups -OCH3 is 1. The van der Waals surface area contributed by atoms with Crippen LogP contribution in [0.25, 0.3) is 0 Å². The molecule has 1 fully saturated rings. The van der Waals surface area contributed by atoms with E-state index in [1.807, 2.05) is 13.8 Å². The Kier molecular flexibility index (Phi) is 5.45. The van der Waals surface area contributed by atoms with E-state index in [-0.39, 0.29) is 23.7 Å². The molecule has 0 aliphatic heterocycles. The van der Waals surface area contributed by atoms with E-state index in [0.717, 1.165) is 25.7 Å².